The Hall–Kier alpha value is -2.46. The monoisotopic (exact) mass is 555 g/mol. The highest BCUT2D eigenvalue weighted by atomic mass is 79.9. The number of likely N-dealkylation sites (N-methyl/N-ethyl adjacent to an activating group) is 1. The van der Waals surface area contributed by atoms with E-state index >= 15 is 0 Å². The fourth-order valence-corrected chi connectivity index (χ4v) is 4.86. The number of nitrogens with zero attached hydrogens (tertiary/aromatic N) is 1. The van der Waals surface area contributed by atoms with Crippen LogP contribution in [0.2, 0.25) is 0 Å². The van der Waals surface area contributed by atoms with Gasteiger partial charge in [0.05, 0.1) is 11.0 Å². The molecule has 0 unspecified atom stereocenters. The highest BCUT2D eigenvalue weighted by Crippen LogP contribution is 2.50. The lowest BCUT2D eigenvalue weighted by molar-refractivity contribution is -0.138. The van der Waals surface area contributed by atoms with E-state index in [4.69, 9.17) is 0 Å². The average Bonchev–Trinajstić information content (AvgIpc) is 3.48. The minimum atomic E-state index is -4.68. The minimum Gasteiger partial charge on any atom is -0.343 e. The molecule has 2 fully saturated rings. The van der Waals surface area contributed by atoms with Crippen LogP contribution in [0.15, 0.2) is 46.9 Å². The number of rotatable bonds is 7. The van der Waals surface area contributed by atoms with E-state index in [2.05, 4.69) is 26.6 Å². The Morgan fingerprint density at radius 1 is 1.17 bits per heavy atom. The number of carbonyl (C=O) groups is 2. The molecule has 5 nitrogen and oxygen atoms in total. The third-order valence-electron chi connectivity index (χ3n) is 6.86. The van der Waals surface area contributed by atoms with Crippen molar-refractivity contribution >= 4 is 27.7 Å². The number of hydrogen-bond acceptors (Lipinski definition) is 3. The van der Waals surface area contributed by atoms with Gasteiger partial charge in [0.1, 0.15) is 11.9 Å². The van der Waals surface area contributed by atoms with Gasteiger partial charge in [-0.05, 0) is 56.1 Å². The zero-order valence-electron chi connectivity index (χ0n) is 19.1. The van der Waals surface area contributed by atoms with E-state index in [1.165, 1.54) is 0 Å². The zero-order valence-corrected chi connectivity index (χ0v) is 20.7. The van der Waals surface area contributed by atoms with Gasteiger partial charge >= 0.3 is 6.18 Å². The molecule has 2 N–H and O–H groups in total. The summed E-state index contributed by atoms with van der Waals surface area (Å²) in [7, 11) is 1.83. The number of alkyl halides is 3. The lowest BCUT2D eigenvalue weighted by atomic mass is 9.92. The van der Waals surface area contributed by atoms with E-state index in [-0.39, 0.29) is 23.9 Å². The summed E-state index contributed by atoms with van der Waals surface area (Å²) in [6, 6.07) is 8.91. The first-order valence-corrected chi connectivity index (χ1v) is 12.2. The molecule has 4 rings (SSSR count). The lowest BCUT2D eigenvalue weighted by Gasteiger charge is -2.27. The summed E-state index contributed by atoms with van der Waals surface area (Å²) in [6.45, 7) is 1.07. The van der Waals surface area contributed by atoms with E-state index in [0.717, 1.165) is 28.6 Å². The quantitative estimate of drug-likeness (QED) is 0.504. The summed E-state index contributed by atoms with van der Waals surface area (Å²) in [5, 5.41) is 5.97. The zero-order chi connectivity index (χ0) is 25.4. The highest BCUT2D eigenvalue weighted by Gasteiger charge is 2.54. The van der Waals surface area contributed by atoms with Gasteiger partial charge in [0.2, 0.25) is 11.8 Å². The van der Waals surface area contributed by atoms with Crippen molar-refractivity contribution in [1.29, 1.82) is 0 Å². The number of nitrogens with one attached hydrogen (secondary N) is 2. The van der Waals surface area contributed by atoms with Gasteiger partial charge in [0.15, 0.2) is 0 Å². The molecular formula is C25H26BrF4N3O2. The Morgan fingerprint density at radius 2 is 1.86 bits per heavy atom. The van der Waals surface area contributed by atoms with E-state index in [0.29, 0.717) is 32.0 Å². The largest absolute Gasteiger partial charge is 0.416 e. The Bertz CT molecular complexity index is 1100. The van der Waals surface area contributed by atoms with Crippen molar-refractivity contribution in [1.82, 2.24) is 15.5 Å². The topological polar surface area (TPSA) is 61.4 Å². The van der Waals surface area contributed by atoms with Crippen LogP contribution in [0, 0.1) is 5.82 Å². The predicted octanol–water partition coefficient (Wildman–Crippen LogP) is 4.19. The van der Waals surface area contributed by atoms with Crippen molar-refractivity contribution in [3.8, 4) is 0 Å². The van der Waals surface area contributed by atoms with Crippen LogP contribution >= 0.6 is 15.9 Å². The van der Waals surface area contributed by atoms with Gasteiger partial charge in [0.25, 0.3) is 0 Å². The normalized spacial score (nSPS) is 19.9. The Kier molecular flexibility index (Phi) is 7.24. The molecule has 1 aliphatic heterocycles. The summed E-state index contributed by atoms with van der Waals surface area (Å²) in [6.07, 6.45) is -3.05. The van der Waals surface area contributed by atoms with Crippen LogP contribution in [0.4, 0.5) is 17.6 Å². The number of amides is 2. The predicted molar refractivity (Wildman–Crippen MR) is 126 cm³/mol. The standard InChI is InChI=1S/C25H26BrF4N3O2/c1-31-18-8-11-33(14-18)22(34)21(12-15-2-5-17(26)6-3-15)32-23(35)24(9-10-24)19-7-4-16(13-20(19)27)25(28,29)30/h2-7,13,18,21,31H,8-12,14H2,1H3,(H,32,35)/t18-,21+/m1/s1. The fraction of sp³-hybridized carbons (Fsp3) is 0.440. The molecule has 2 aliphatic rings. The third kappa shape index (κ3) is 5.53. The van der Waals surface area contributed by atoms with Gasteiger partial charge in [-0.15, -0.1) is 0 Å². The van der Waals surface area contributed by atoms with Crippen LogP contribution < -0.4 is 10.6 Å². The molecule has 0 radical (unpaired) electrons. The molecule has 2 aromatic rings. The lowest BCUT2D eigenvalue weighted by Crippen LogP contribution is -2.52. The summed E-state index contributed by atoms with van der Waals surface area (Å²) in [5.41, 5.74) is -1.62. The molecule has 1 aliphatic carbocycles. The van der Waals surface area contributed by atoms with Crippen LogP contribution in [0.5, 0.6) is 0 Å². The first-order valence-electron chi connectivity index (χ1n) is 11.4. The molecule has 1 heterocycles. The van der Waals surface area contributed by atoms with Crippen LogP contribution in [0.3, 0.4) is 0 Å². The molecule has 1 saturated heterocycles. The molecule has 0 spiro atoms. The molecular weight excluding hydrogens is 530 g/mol. The molecule has 2 atom stereocenters. The van der Waals surface area contributed by atoms with E-state index in [9.17, 15) is 27.2 Å². The number of hydrogen-bond donors (Lipinski definition) is 2. The number of carbonyl (C=O) groups excluding carboxylic acids is 2. The summed E-state index contributed by atoms with van der Waals surface area (Å²) < 4.78 is 54.5. The van der Waals surface area contributed by atoms with Crippen molar-refractivity contribution in [2.24, 2.45) is 0 Å². The van der Waals surface area contributed by atoms with Crippen molar-refractivity contribution in [3.63, 3.8) is 0 Å². The Balaban J connectivity index is 1.57. The molecule has 2 aromatic carbocycles. The van der Waals surface area contributed by atoms with Crippen LogP contribution in [0.25, 0.3) is 0 Å². The minimum absolute atomic E-state index is 0.0748. The van der Waals surface area contributed by atoms with Crippen molar-refractivity contribution in [2.75, 3.05) is 20.1 Å². The molecule has 1 saturated carbocycles. The molecule has 35 heavy (non-hydrogen) atoms. The van der Waals surface area contributed by atoms with Gasteiger partial charge in [-0.3, -0.25) is 9.59 Å². The van der Waals surface area contributed by atoms with Crippen LogP contribution in [0.1, 0.15) is 36.0 Å². The van der Waals surface area contributed by atoms with E-state index < -0.39 is 34.9 Å². The second-order valence-corrected chi connectivity index (χ2v) is 10.1. The first kappa shape index (κ1) is 25.6. The highest BCUT2D eigenvalue weighted by molar-refractivity contribution is 9.10. The van der Waals surface area contributed by atoms with Gasteiger partial charge < -0.3 is 15.5 Å². The van der Waals surface area contributed by atoms with Crippen molar-refractivity contribution in [2.45, 2.75) is 49.4 Å². The Labute approximate surface area is 209 Å². The second-order valence-electron chi connectivity index (χ2n) is 9.19. The van der Waals surface area contributed by atoms with Crippen molar-refractivity contribution in [3.05, 3.63) is 69.4 Å². The summed E-state index contributed by atoms with van der Waals surface area (Å²) in [5.74, 6) is -1.85. The van der Waals surface area contributed by atoms with Crippen molar-refractivity contribution < 1.29 is 27.2 Å². The van der Waals surface area contributed by atoms with Gasteiger partial charge in [0, 0.05) is 35.6 Å². The molecule has 10 heteroatoms. The fourth-order valence-electron chi connectivity index (χ4n) is 4.59. The number of halogens is 5. The second kappa shape index (κ2) is 9.89. The maximum Gasteiger partial charge on any atom is 0.416 e. The Morgan fingerprint density at radius 3 is 2.40 bits per heavy atom. The SMILES string of the molecule is CN[C@@H]1CCN(C(=O)[C@H](Cc2ccc(Br)cc2)NC(=O)C2(c3ccc(C(F)(F)F)cc3F)CC2)C1. The van der Waals surface area contributed by atoms with E-state index in [1.54, 1.807) is 4.90 Å². The van der Waals surface area contributed by atoms with Gasteiger partial charge in [-0.25, -0.2) is 4.39 Å². The van der Waals surface area contributed by atoms with Crippen LogP contribution in [-0.4, -0.2) is 48.9 Å². The number of benzene rings is 2. The van der Waals surface area contributed by atoms with E-state index in [1.807, 2.05) is 31.3 Å². The maximum atomic E-state index is 14.7. The molecule has 0 aromatic heterocycles. The maximum absolute atomic E-state index is 14.7. The number of likely N-dealkylation sites (tertiary alicyclic amines) is 1. The summed E-state index contributed by atoms with van der Waals surface area (Å²) in [4.78, 5) is 28.5. The average molecular weight is 556 g/mol. The third-order valence-corrected chi connectivity index (χ3v) is 7.39. The molecule has 0 bridgehead atoms. The smallest absolute Gasteiger partial charge is 0.343 e. The summed E-state index contributed by atoms with van der Waals surface area (Å²) >= 11 is 3.38. The van der Waals surface area contributed by atoms with Gasteiger partial charge in [-0.2, -0.15) is 13.2 Å². The van der Waals surface area contributed by atoms with Gasteiger partial charge in [-0.1, -0.05) is 34.1 Å². The molecule has 2 amide bonds. The molecule has 188 valence electrons. The van der Waals surface area contributed by atoms with Crippen LogP contribution in [-0.2, 0) is 27.6 Å². The first-order chi connectivity index (χ1) is 16.5.